The Balaban J connectivity index is 2.94. The maximum absolute atomic E-state index is 11.8. The van der Waals surface area contributed by atoms with Gasteiger partial charge in [0.25, 0.3) is 0 Å². The fourth-order valence-corrected chi connectivity index (χ4v) is 2.03. The summed E-state index contributed by atoms with van der Waals surface area (Å²) in [7, 11) is 0. The molecule has 5 heteroatoms. The van der Waals surface area contributed by atoms with Gasteiger partial charge in [-0.1, -0.05) is 25.4 Å². The molecular formula is C15H23ClN2O2. The third-order valence-electron chi connectivity index (χ3n) is 2.85. The summed E-state index contributed by atoms with van der Waals surface area (Å²) >= 11 is 6.20. The summed E-state index contributed by atoms with van der Waals surface area (Å²) in [5, 5.41) is 3.34. The minimum absolute atomic E-state index is 0.261. The Hall–Kier alpha value is -1.26. The molecule has 3 N–H and O–H groups in total. The largest absolute Gasteiger partial charge is 0.444 e. The van der Waals surface area contributed by atoms with Crippen molar-refractivity contribution in [1.82, 2.24) is 0 Å². The molecule has 0 aliphatic carbocycles. The number of nitrogens with one attached hydrogen (secondary N) is 1. The van der Waals surface area contributed by atoms with Crippen LogP contribution in [0.1, 0.15) is 40.2 Å². The van der Waals surface area contributed by atoms with Gasteiger partial charge in [0.1, 0.15) is 5.60 Å². The fourth-order valence-electron chi connectivity index (χ4n) is 1.65. The van der Waals surface area contributed by atoms with E-state index in [9.17, 15) is 4.79 Å². The first-order valence-electron chi connectivity index (χ1n) is 6.55. The van der Waals surface area contributed by atoms with Crippen LogP contribution < -0.4 is 11.1 Å². The Kier molecular flexibility index (Phi) is 5.05. The Labute approximate surface area is 125 Å². The highest BCUT2D eigenvalue weighted by atomic mass is 35.5. The van der Waals surface area contributed by atoms with E-state index in [1.807, 2.05) is 40.7 Å². The van der Waals surface area contributed by atoms with Gasteiger partial charge in [-0.3, -0.25) is 5.32 Å². The summed E-state index contributed by atoms with van der Waals surface area (Å²) in [4.78, 5) is 11.8. The molecule has 0 unspecified atom stereocenters. The minimum atomic E-state index is -0.532. The van der Waals surface area contributed by atoms with Gasteiger partial charge in [0.15, 0.2) is 0 Å². The van der Waals surface area contributed by atoms with Crippen LogP contribution in [0.2, 0.25) is 5.02 Å². The van der Waals surface area contributed by atoms with Gasteiger partial charge in [0, 0.05) is 22.7 Å². The Morgan fingerprint density at radius 3 is 2.40 bits per heavy atom. The van der Waals surface area contributed by atoms with E-state index >= 15 is 0 Å². The summed E-state index contributed by atoms with van der Waals surface area (Å²) in [5.41, 5.74) is 6.52. The molecule has 0 radical (unpaired) electrons. The zero-order valence-corrected chi connectivity index (χ0v) is 13.5. The van der Waals surface area contributed by atoms with Crippen molar-refractivity contribution in [2.24, 2.45) is 5.73 Å². The summed E-state index contributed by atoms with van der Waals surface area (Å²) in [6, 6.07) is 5.32. The summed E-state index contributed by atoms with van der Waals surface area (Å²) in [6.45, 7) is 9.92. The molecule has 4 nitrogen and oxygen atoms in total. The summed E-state index contributed by atoms with van der Waals surface area (Å²) < 4.78 is 5.22. The normalized spacial score (nSPS) is 12.2. The van der Waals surface area contributed by atoms with Crippen LogP contribution in [0.4, 0.5) is 10.5 Å². The number of ether oxygens (including phenoxy) is 1. The van der Waals surface area contributed by atoms with Gasteiger partial charge in [-0.25, -0.2) is 4.79 Å². The topological polar surface area (TPSA) is 64.3 Å². The van der Waals surface area contributed by atoms with Crippen LogP contribution in [0.25, 0.3) is 0 Å². The summed E-state index contributed by atoms with van der Waals surface area (Å²) in [5.74, 6) is 0. The molecular weight excluding hydrogens is 276 g/mol. The number of rotatable bonds is 3. The van der Waals surface area contributed by atoms with Crippen LogP contribution in [-0.4, -0.2) is 18.2 Å². The molecule has 0 aromatic heterocycles. The maximum Gasteiger partial charge on any atom is 0.412 e. The van der Waals surface area contributed by atoms with Crippen molar-refractivity contribution in [3.05, 3.63) is 28.8 Å². The highest BCUT2D eigenvalue weighted by molar-refractivity contribution is 6.31. The molecule has 20 heavy (non-hydrogen) atoms. The van der Waals surface area contributed by atoms with E-state index in [4.69, 9.17) is 22.1 Å². The first-order valence-corrected chi connectivity index (χ1v) is 6.93. The molecule has 0 saturated heterocycles. The van der Waals surface area contributed by atoms with Crippen LogP contribution in [-0.2, 0) is 10.2 Å². The van der Waals surface area contributed by atoms with Crippen LogP contribution in [0.15, 0.2) is 18.2 Å². The first kappa shape index (κ1) is 16.8. The lowest BCUT2D eigenvalue weighted by molar-refractivity contribution is 0.0636. The number of carbonyl (C=O) groups excluding carboxylic acids is 1. The van der Waals surface area contributed by atoms with E-state index in [-0.39, 0.29) is 5.41 Å². The van der Waals surface area contributed by atoms with Crippen molar-refractivity contribution in [3.63, 3.8) is 0 Å². The second-order valence-corrected chi connectivity index (χ2v) is 6.82. The van der Waals surface area contributed by atoms with E-state index < -0.39 is 11.7 Å². The molecule has 0 bridgehead atoms. The van der Waals surface area contributed by atoms with E-state index in [2.05, 4.69) is 5.32 Å². The van der Waals surface area contributed by atoms with E-state index in [0.717, 1.165) is 5.56 Å². The van der Waals surface area contributed by atoms with Crippen molar-refractivity contribution in [2.45, 2.75) is 45.6 Å². The smallest absolute Gasteiger partial charge is 0.412 e. The number of anilines is 1. The molecule has 0 aliphatic rings. The van der Waals surface area contributed by atoms with Crippen LogP contribution in [0.3, 0.4) is 0 Å². The first-order chi connectivity index (χ1) is 9.05. The van der Waals surface area contributed by atoms with E-state index in [0.29, 0.717) is 17.3 Å². The molecule has 1 amide bonds. The van der Waals surface area contributed by atoms with Gasteiger partial charge < -0.3 is 10.5 Å². The van der Waals surface area contributed by atoms with Crippen molar-refractivity contribution in [3.8, 4) is 0 Å². The van der Waals surface area contributed by atoms with Gasteiger partial charge in [0.2, 0.25) is 0 Å². The van der Waals surface area contributed by atoms with E-state index in [1.54, 1.807) is 12.1 Å². The second kappa shape index (κ2) is 6.02. The van der Waals surface area contributed by atoms with E-state index in [1.165, 1.54) is 0 Å². The molecule has 0 heterocycles. The molecule has 0 atom stereocenters. The zero-order valence-electron chi connectivity index (χ0n) is 12.7. The number of carbonyl (C=O) groups is 1. The molecule has 0 saturated carbocycles. The molecule has 0 fully saturated rings. The molecule has 112 valence electrons. The van der Waals surface area contributed by atoms with Gasteiger partial charge in [-0.15, -0.1) is 0 Å². The van der Waals surface area contributed by atoms with Crippen molar-refractivity contribution < 1.29 is 9.53 Å². The van der Waals surface area contributed by atoms with Crippen molar-refractivity contribution in [2.75, 3.05) is 11.9 Å². The molecule has 0 aliphatic heterocycles. The predicted octanol–water partition coefficient (Wildman–Crippen LogP) is 3.92. The standard InChI is InChI=1S/C15H23ClN2O2/c1-14(2,3)20-13(19)18-10-6-7-12(16)11(8-10)15(4,5)9-17/h6-8H,9,17H2,1-5H3,(H,18,19). The van der Waals surface area contributed by atoms with Crippen LogP contribution in [0.5, 0.6) is 0 Å². The van der Waals surface area contributed by atoms with Gasteiger partial charge in [-0.2, -0.15) is 0 Å². The number of benzene rings is 1. The number of amides is 1. The minimum Gasteiger partial charge on any atom is -0.444 e. The predicted molar refractivity (Wildman–Crippen MR) is 83.4 cm³/mol. The lowest BCUT2D eigenvalue weighted by Crippen LogP contribution is -2.29. The highest BCUT2D eigenvalue weighted by Gasteiger charge is 2.23. The SMILES string of the molecule is CC(C)(C)OC(=O)Nc1ccc(Cl)c(C(C)(C)CN)c1. The quantitative estimate of drug-likeness (QED) is 0.889. The van der Waals surface area contributed by atoms with Crippen LogP contribution in [0, 0.1) is 0 Å². The second-order valence-electron chi connectivity index (χ2n) is 6.41. The summed E-state index contributed by atoms with van der Waals surface area (Å²) in [6.07, 6.45) is -0.490. The third kappa shape index (κ3) is 4.69. The Morgan fingerprint density at radius 1 is 1.30 bits per heavy atom. The lowest BCUT2D eigenvalue weighted by atomic mass is 9.84. The van der Waals surface area contributed by atoms with Crippen molar-refractivity contribution in [1.29, 1.82) is 0 Å². The molecule has 1 rings (SSSR count). The fraction of sp³-hybridized carbons (Fsp3) is 0.533. The van der Waals surface area contributed by atoms with Gasteiger partial charge in [0.05, 0.1) is 0 Å². The number of halogens is 1. The zero-order chi connectivity index (χ0) is 15.6. The molecule has 1 aromatic carbocycles. The molecule has 0 spiro atoms. The average Bonchev–Trinajstić information content (AvgIpc) is 2.29. The number of nitrogens with two attached hydrogens (primary N) is 1. The van der Waals surface area contributed by atoms with Gasteiger partial charge in [-0.05, 0) is 44.5 Å². The maximum atomic E-state index is 11.8. The molecule has 1 aromatic rings. The number of hydrogen-bond acceptors (Lipinski definition) is 3. The third-order valence-corrected chi connectivity index (χ3v) is 3.18. The Bertz CT molecular complexity index is 493. The Morgan fingerprint density at radius 2 is 1.90 bits per heavy atom. The highest BCUT2D eigenvalue weighted by Crippen LogP contribution is 2.31. The lowest BCUT2D eigenvalue weighted by Gasteiger charge is -2.25. The average molecular weight is 299 g/mol. The number of hydrogen-bond donors (Lipinski definition) is 2. The van der Waals surface area contributed by atoms with Crippen LogP contribution >= 0.6 is 11.6 Å². The van der Waals surface area contributed by atoms with Gasteiger partial charge >= 0.3 is 6.09 Å². The monoisotopic (exact) mass is 298 g/mol. The van der Waals surface area contributed by atoms with Crippen molar-refractivity contribution >= 4 is 23.4 Å².